The number of fused-ring (bicyclic) bond motifs is 1. The van der Waals surface area contributed by atoms with Crippen molar-refractivity contribution < 1.29 is 9.53 Å². The van der Waals surface area contributed by atoms with Crippen LogP contribution < -0.4 is 5.32 Å². The van der Waals surface area contributed by atoms with E-state index in [2.05, 4.69) is 20.6 Å². The Hall–Kier alpha value is -3.26. The SMILES string of the molecule is COC(=O)c1cccc(CNc2ccc3nnc(-c4ccsc4)n3n2)c1. The number of methoxy groups -OCH3 is 1. The van der Waals surface area contributed by atoms with Crippen LogP contribution in [0.4, 0.5) is 5.82 Å². The zero-order valence-corrected chi connectivity index (χ0v) is 14.7. The zero-order valence-electron chi connectivity index (χ0n) is 13.9. The van der Waals surface area contributed by atoms with Crippen LogP contribution >= 0.6 is 11.3 Å². The standard InChI is InChI=1S/C18H15N5O2S/c1-25-18(24)13-4-2-3-12(9-13)10-19-15-5-6-16-20-21-17(23(16)22-15)14-7-8-26-11-14/h2-9,11H,10H2,1H3,(H,19,22). The second-order valence-electron chi connectivity index (χ2n) is 5.57. The number of benzene rings is 1. The van der Waals surface area contributed by atoms with Gasteiger partial charge in [0, 0.05) is 17.5 Å². The summed E-state index contributed by atoms with van der Waals surface area (Å²) < 4.78 is 6.47. The quantitative estimate of drug-likeness (QED) is 0.547. The van der Waals surface area contributed by atoms with Gasteiger partial charge < -0.3 is 10.1 Å². The van der Waals surface area contributed by atoms with Crippen LogP contribution in [0.3, 0.4) is 0 Å². The first-order valence-corrected chi connectivity index (χ1v) is 8.85. The molecule has 0 spiro atoms. The summed E-state index contributed by atoms with van der Waals surface area (Å²) in [6, 6.07) is 13.0. The molecule has 0 saturated carbocycles. The molecule has 1 N–H and O–H groups in total. The van der Waals surface area contributed by atoms with Gasteiger partial charge in [-0.2, -0.15) is 15.9 Å². The van der Waals surface area contributed by atoms with Gasteiger partial charge in [0.1, 0.15) is 5.82 Å². The number of hydrogen-bond donors (Lipinski definition) is 1. The molecule has 0 atom stereocenters. The second-order valence-corrected chi connectivity index (χ2v) is 6.35. The molecular weight excluding hydrogens is 350 g/mol. The Kier molecular flexibility index (Phi) is 4.32. The first-order chi connectivity index (χ1) is 12.7. The molecule has 26 heavy (non-hydrogen) atoms. The fourth-order valence-corrected chi connectivity index (χ4v) is 3.21. The van der Waals surface area contributed by atoms with Crippen LogP contribution in [0.5, 0.6) is 0 Å². The van der Waals surface area contributed by atoms with E-state index < -0.39 is 0 Å². The van der Waals surface area contributed by atoms with E-state index in [1.165, 1.54) is 7.11 Å². The molecule has 4 rings (SSSR count). The van der Waals surface area contributed by atoms with Gasteiger partial charge in [0.05, 0.1) is 12.7 Å². The number of rotatable bonds is 5. The maximum atomic E-state index is 11.6. The fraction of sp³-hybridized carbons (Fsp3) is 0.111. The lowest BCUT2D eigenvalue weighted by molar-refractivity contribution is 0.0600. The molecule has 8 heteroatoms. The highest BCUT2D eigenvalue weighted by molar-refractivity contribution is 7.08. The van der Waals surface area contributed by atoms with Crippen molar-refractivity contribution in [2.24, 2.45) is 0 Å². The Labute approximate surface area is 153 Å². The summed E-state index contributed by atoms with van der Waals surface area (Å²) in [4.78, 5) is 11.6. The summed E-state index contributed by atoms with van der Waals surface area (Å²) in [7, 11) is 1.37. The third-order valence-corrected chi connectivity index (χ3v) is 4.55. The topological polar surface area (TPSA) is 81.4 Å². The van der Waals surface area contributed by atoms with Gasteiger partial charge in [0.15, 0.2) is 11.5 Å². The van der Waals surface area contributed by atoms with Crippen molar-refractivity contribution in [1.29, 1.82) is 0 Å². The van der Waals surface area contributed by atoms with Crippen LogP contribution in [0.25, 0.3) is 17.0 Å². The minimum absolute atomic E-state index is 0.351. The van der Waals surface area contributed by atoms with Crippen molar-refractivity contribution >= 4 is 28.8 Å². The lowest BCUT2D eigenvalue weighted by Crippen LogP contribution is -2.06. The highest BCUT2D eigenvalue weighted by Gasteiger charge is 2.10. The number of aromatic nitrogens is 4. The minimum Gasteiger partial charge on any atom is -0.465 e. The van der Waals surface area contributed by atoms with E-state index >= 15 is 0 Å². The number of thiophene rings is 1. The van der Waals surface area contributed by atoms with Crippen LogP contribution in [0, 0.1) is 0 Å². The van der Waals surface area contributed by atoms with Crippen molar-refractivity contribution in [1.82, 2.24) is 19.8 Å². The van der Waals surface area contributed by atoms with Gasteiger partial charge in [-0.15, -0.1) is 15.3 Å². The Morgan fingerprint density at radius 3 is 2.96 bits per heavy atom. The summed E-state index contributed by atoms with van der Waals surface area (Å²) in [5, 5.41) is 20.2. The van der Waals surface area contributed by atoms with Crippen LogP contribution in [0.2, 0.25) is 0 Å². The molecule has 0 aliphatic heterocycles. The average Bonchev–Trinajstić information content (AvgIpc) is 3.35. The van der Waals surface area contributed by atoms with E-state index in [1.807, 2.05) is 41.1 Å². The van der Waals surface area contributed by atoms with Gasteiger partial charge in [0.25, 0.3) is 0 Å². The number of ether oxygens (including phenoxy) is 1. The maximum Gasteiger partial charge on any atom is 0.337 e. The van der Waals surface area contributed by atoms with E-state index in [0.717, 1.165) is 11.1 Å². The summed E-state index contributed by atoms with van der Waals surface area (Å²) in [5.74, 6) is 1.05. The molecule has 0 saturated heterocycles. The van der Waals surface area contributed by atoms with Crippen LogP contribution in [0.15, 0.2) is 53.2 Å². The number of carbonyl (C=O) groups is 1. The molecule has 0 radical (unpaired) electrons. The van der Waals surface area contributed by atoms with Crippen molar-refractivity contribution in [3.63, 3.8) is 0 Å². The number of nitrogens with one attached hydrogen (secondary N) is 1. The number of hydrogen-bond acceptors (Lipinski definition) is 7. The molecule has 4 aromatic rings. The summed E-state index contributed by atoms with van der Waals surface area (Å²) in [6.07, 6.45) is 0. The van der Waals surface area contributed by atoms with Gasteiger partial charge in [-0.1, -0.05) is 12.1 Å². The van der Waals surface area contributed by atoms with Crippen molar-refractivity contribution in [2.75, 3.05) is 12.4 Å². The summed E-state index contributed by atoms with van der Waals surface area (Å²) >= 11 is 1.60. The van der Waals surface area contributed by atoms with Gasteiger partial charge in [-0.05, 0) is 41.3 Å². The normalized spacial score (nSPS) is 10.8. The van der Waals surface area contributed by atoms with E-state index in [4.69, 9.17) is 4.74 Å². The average molecular weight is 365 g/mol. The summed E-state index contributed by atoms with van der Waals surface area (Å²) in [6.45, 7) is 0.527. The predicted octanol–water partition coefficient (Wildman–Crippen LogP) is 3.25. The monoisotopic (exact) mass is 365 g/mol. The fourth-order valence-electron chi connectivity index (χ4n) is 2.57. The van der Waals surface area contributed by atoms with Crippen LogP contribution in [-0.4, -0.2) is 32.9 Å². The van der Waals surface area contributed by atoms with Crippen molar-refractivity contribution in [3.8, 4) is 11.4 Å². The van der Waals surface area contributed by atoms with Gasteiger partial charge in [0.2, 0.25) is 0 Å². The lowest BCUT2D eigenvalue weighted by Gasteiger charge is -2.07. The molecule has 0 fully saturated rings. The Morgan fingerprint density at radius 1 is 1.23 bits per heavy atom. The first kappa shape index (κ1) is 16.2. The highest BCUT2D eigenvalue weighted by atomic mass is 32.1. The van der Waals surface area contributed by atoms with Gasteiger partial charge in [-0.3, -0.25) is 0 Å². The molecule has 7 nitrogen and oxygen atoms in total. The molecule has 0 amide bonds. The third-order valence-electron chi connectivity index (χ3n) is 3.86. The smallest absolute Gasteiger partial charge is 0.337 e. The largest absolute Gasteiger partial charge is 0.465 e. The molecule has 0 aliphatic rings. The van der Waals surface area contributed by atoms with Gasteiger partial charge in [-0.25, -0.2) is 4.79 Å². The molecule has 0 unspecified atom stereocenters. The number of anilines is 1. The molecule has 3 aromatic heterocycles. The van der Waals surface area contributed by atoms with E-state index in [-0.39, 0.29) is 5.97 Å². The van der Waals surface area contributed by atoms with Gasteiger partial charge >= 0.3 is 5.97 Å². The molecule has 0 aliphatic carbocycles. The zero-order chi connectivity index (χ0) is 17.9. The first-order valence-electron chi connectivity index (χ1n) is 7.91. The Morgan fingerprint density at radius 2 is 2.15 bits per heavy atom. The van der Waals surface area contributed by atoms with E-state index in [1.54, 1.807) is 28.0 Å². The van der Waals surface area contributed by atoms with Crippen LogP contribution in [0.1, 0.15) is 15.9 Å². The number of nitrogens with zero attached hydrogens (tertiary/aromatic N) is 4. The second kappa shape index (κ2) is 6.93. The molecule has 0 bridgehead atoms. The molecule has 130 valence electrons. The summed E-state index contributed by atoms with van der Waals surface area (Å²) in [5.41, 5.74) is 3.15. The predicted molar refractivity (Wildman–Crippen MR) is 99.2 cm³/mol. The van der Waals surface area contributed by atoms with Crippen molar-refractivity contribution in [2.45, 2.75) is 6.54 Å². The minimum atomic E-state index is -0.351. The maximum absolute atomic E-state index is 11.6. The molecular formula is C18H15N5O2S. The van der Waals surface area contributed by atoms with Crippen LogP contribution in [-0.2, 0) is 11.3 Å². The van der Waals surface area contributed by atoms with E-state index in [9.17, 15) is 4.79 Å². The lowest BCUT2D eigenvalue weighted by atomic mass is 10.1. The van der Waals surface area contributed by atoms with E-state index in [0.29, 0.717) is 29.4 Å². The highest BCUT2D eigenvalue weighted by Crippen LogP contribution is 2.21. The molecule has 3 heterocycles. The molecule has 1 aromatic carbocycles. The van der Waals surface area contributed by atoms with Crippen molar-refractivity contribution in [3.05, 3.63) is 64.4 Å². The number of esters is 1. The Bertz CT molecular complexity index is 1060. The Balaban J connectivity index is 1.56. The number of carbonyl (C=O) groups excluding carboxylic acids is 1. The third kappa shape index (κ3) is 3.14.